The van der Waals surface area contributed by atoms with Gasteiger partial charge in [-0.3, -0.25) is 0 Å². The van der Waals surface area contributed by atoms with Crippen LogP contribution < -0.4 is 0 Å². The van der Waals surface area contributed by atoms with E-state index in [1.54, 1.807) is 0 Å². The molecule has 0 N–H and O–H groups in total. The monoisotopic (exact) mass is 410 g/mol. The molecule has 0 aliphatic heterocycles. The first kappa shape index (κ1) is 20.2. The summed E-state index contributed by atoms with van der Waals surface area (Å²) in [4.78, 5) is 0. The maximum absolute atomic E-state index is 13.7. The molecule has 0 bridgehead atoms. The van der Waals surface area contributed by atoms with Gasteiger partial charge in [-0.2, -0.15) is 60.3 Å². The molecule has 0 spiro atoms. The Morgan fingerprint density at radius 1 is 0.522 bits per heavy atom. The Bertz CT molecular complexity index is 656. The Morgan fingerprint density at radius 3 is 0.913 bits per heavy atom. The Labute approximate surface area is 119 Å². The summed E-state index contributed by atoms with van der Waals surface area (Å²) in [5.74, 6) is -35.7. The Balaban J connectivity index is 3.86. The zero-order valence-corrected chi connectivity index (χ0v) is 11.2. The van der Waals surface area contributed by atoms with Crippen LogP contribution in [0.4, 0.5) is 42.9 Å². The molecule has 138 valence electrons. The van der Waals surface area contributed by atoms with Crippen LogP contribution in [-0.4, -0.2) is 46.3 Å². The molecule has 6 nitrogen and oxygen atoms in total. The molecule has 23 heavy (non-hydrogen) atoms. The molecule has 2 atom stereocenters. The summed E-state index contributed by atoms with van der Waals surface area (Å²) in [5.41, 5.74) is 0. The maximum atomic E-state index is 13.7. The number of hydrogen-bond donors (Lipinski definition) is 0. The van der Waals surface area contributed by atoms with Gasteiger partial charge in [0.25, 0.3) is 0 Å². The number of alkyl halides is 8. The molecular weight excluding hydrogens is 410 g/mol. The molecule has 18 heteroatoms. The molecule has 0 saturated heterocycles. The van der Waals surface area contributed by atoms with Crippen LogP contribution in [0.5, 0.6) is 0 Å². The SMILES string of the molecule is O=S(=O)(F)OC1(F)C(F)(F)C(F)(F)C(F)(F)C1(F)OS(=O)(=O)F. The molecule has 1 saturated carbocycles. The largest absolute Gasteiger partial charge is 0.440 e. The summed E-state index contributed by atoms with van der Waals surface area (Å²) >= 11 is 0. The van der Waals surface area contributed by atoms with Gasteiger partial charge in [0.05, 0.1) is 0 Å². The standard InChI is InChI=1S/C5F10O6S2/c6-1(7)2(8,9)4(12,20-22(14,16)17)5(13,3(1,10)11)21-23(15,18)19. The summed E-state index contributed by atoms with van der Waals surface area (Å²) in [6.45, 7) is 0. The molecule has 0 heterocycles. The van der Waals surface area contributed by atoms with Gasteiger partial charge in [0.1, 0.15) is 0 Å². The van der Waals surface area contributed by atoms with E-state index in [1.807, 2.05) is 8.37 Å². The Morgan fingerprint density at radius 2 is 0.739 bits per heavy atom. The molecule has 1 rings (SSSR count). The first-order valence-electron chi connectivity index (χ1n) is 4.48. The van der Waals surface area contributed by atoms with Crippen LogP contribution in [0.25, 0.3) is 0 Å². The predicted octanol–water partition coefficient (Wildman–Crippen LogP) is 1.70. The smallest absolute Gasteiger partial charge is 0.197 e. The summed E-state index contributed by atoms with van der Waals surface area (Å²) in [6, 6.07) is 0. The van der Waals surface area contributed by atoms with Gasteiger partial charge in [-0.25, -0.2) is 0 Å². The van der Waals surface area contributed by atoms with Gasteiger partial charge in [-0.15, -0.1) is 0 Å². The van der Waals surface area contributed by atoms with Crippen molar-refractivity contribution in [2.45, 2.75) is 29.5 Å². The van der Waals surface area contributed by atoms with Gasteiger partial charge in [0.15, 0.2) is 0 Å². The first-order chi connectivity index (χ1) is 9.66. The minimum Gasteiger partial charge on any atom is -0.197 e. The first-order valence-corrected chi connectivity index (χ1v) is 7.10. The second-order valence-electron chi connectivity index (χ2n) is 3.87. The molecule has 0 amide bonds. The molecule has 0 aromatic heterocycles. The lowest BCUT2D eigenvalue weighted by atomic mass is 10.1. The molecule has 1 fully saturated rings. The molecule has 1 aliphatic carbocycles. The summed E-state index contributed by atoms with van der Waals surface area (Å²) in [6.07, 6.45) is 0. The third-order valence-electron chi connectivity index (χ3n) is 2.44. The third-order valence-corrected chi connectivity index (χ3v) is 3.30. The van der Waals surface area contributed by atoms with Crippen molar-refractivity contribution in [3.05, 3.63) is 0 Å². The van der Waals surface area contributed by atoms with Crippen molar-refractivity contribution >= 4 is 21.0 Å². The second kappa shape index (κ2) is 4.60. The fourth-order valence-corrected chi connectivity index (χ4v) is 2.46. The summed E-state index contributed by atoms with van der Waals surface area (Å²) in [5, 5.41) is 0. The number of hydrogen-bond acceptors (Lipinski definition) is 6. The van der Waals surface area contributed by atoms with Crippen molar-refractivity contribution in [1.29, 1.82) is 0 Å². The van der Waals surface area contributed by atoms with Crippen LogP contribution in [0, 0.1) is 0 Å². The zero-order valence-electron chi connectivity index (χ0n) is 9.55. The highest BCUT2D eigenvalue weighted by Gasteiger charge is 3.03. The van der Waals surface area contributed by atoms with E-state index in [1.165, 1.54) is 0 Å². The van der Waals surface area contributed by atoms with Crippen molar-refractivity contribution < 1.29 is 68.1 Å². The van der Waals surface area contributed by atoms with Gasteiger partial charge < -0.3 is 0 Å². The van der Waals surface area contributed by atoms with Crippen LogP contribution in [0.3, 0.4) is 0 Å². The van der Waals surface area contributed by atoms with E-state index in [-0.39, 0.29) is 0 Å². The van der Waals surface area contributed by atoms with E-state index < -0.39 is 50.5 Å². The summed E-state index contributed by atoms with van der Waals surface area (Å²) in [7, 11) is -14.4. The Hall–Kier alpha value is -0.880. The van der Waals surface area contributed by atoms with Crippen LogP contribution in [0.2, 0.25) is 0 Å². The molecular formula is C5F10O6S2. The van der Waals surface area contributed by atoms with Crippen LogP contribution >= 0.6 is 0 Å². The second-order valence-corrected chi connectivity index (χ2v) is 5.77. The van der Waals surface area contributed by atoms with E-state index >= 15 is 0 Å². The minimum absolute atomic E-state index is 1.93. The molecule has 0 aromatic carbocycles. The van der Waals surface area contributed by atoms with Crippen LogP contribution in [0.15, 0.2) is 0 Å². The van der Waals surface area contributed by atoms with E-state index in [9.17, 15) is 59.7 Å². The van der Waals surface area contributed by atoms with Crippen molar-refractivity contribution in [3.63, 3.8) is 0 Å². The normalized spacial score (nSPS) is 36.1. The predicted molar refractivity (Wildman–Crippen MR) is 44.7 cm³/mol. The van der Waals surface area contributed by atoms with Crippen molar-refractivity contribution in [2.24, 2.45) is 0 Å². The third kappa shape index (κ3) is 2.45. The average Bonchev–Trinajstić information content (AvgIpc) is 2.26. The summed E-state index contributed by atoms with van der Waals surface area (Å²) < 4.78 is 173. The molecule has 0 radical (unpaired) electrons. The van der Waals surface area contributed by atoms with E-state index in [2.05, 4.69) is 0 Å². The maximum Gasteiger partial charge on any atom is 0.440 e. The molecule has 1 aliphatic rings. The molecule has 0 aromatic rings. The zero-order chi connectivity index (χ0) is 18.9. The van der Waals surface area contributed by atoms with Crippen molar-refractivity contribution in [2.75, 3.05) is 0 Å². The highest BCUT2D eigenvalue weighted by Crippen LogP contribution is 2.69. The van der Waals surface area contributed by atoms with Gasteiger partial charge >= 0.3 is 50.5 Å². The topological polar surface area (TPSA) is 86.7 Å². The van der Waals surface area contributed by atoms with Crippen LogP contribution in [0.1, 0.15) is 0 Å². The average molecular weight is 410 g/mol. The fourth-order valence-electron chi connectivity index (χ4n) is 1.49. The van der Waals surface area contributed by atoms with Gasteiger partial charge in [-0.1, -0.05) is 7.77 Å². The Kier molecular flexibility index (Phi) is 4.03. The van der Waals surface area contributed by atoms with Crippen molar-refractivity contribution in [1.82, 2.24) is 0 Å². The minimum atomic E-state index is -7.24. The number of rotatable bonds is 4. The fraction of sp³-hybridized carbons (Fsp3) is 1.00. The molecule has 2 unspecified atom stereocenters. The lowest BCUT2D eigenvalue weighted by molar-refractivity contribution is -0.340. The van der Waals surface area contributed by atoms with Crippen molar-refractivity contribution in [3.8, 4) is 0 Å². The highest BCUT2D eigenvalue weighted by molar-refractivity contribution is 7.81. The van der Waals surface area contributed by atoms with Crippen LogP contribution in [-0.2, 0) is 29.4 Å². The van der Waals surface area contributed by atoms with E-state index in [4.69, 9.17) is 0 Å². The lowest BCUT2D eigenvalue weighted by Crippen LogP contribution is -2.61. The van der Waals surface area contributed by atoms with E-state index in [0.717, 1.165) is 0 Å². The number of halogens is 10. The quantitative estimate of drug-likeness (QED) is 0.518. The van der Waals surface area contributed by atoms with Gasteiger partial charge in [-0.05, 0) is 0 Å². The lowest BCUT2D eigenvalue weighted by Gasteiger charge is -2.31. The van der Waals surface area contributed by atoms with Gasteiger partial charge in [0.2, 0.25) is 0 Å². The van der Waals surface area contributed by atoms with Gasteiger partial charge in [0, 0.05) is 0 Å². The van der Waals surface area contributed by atoms with E-state index in [0.29, 0.717) is 0 Å². The highest BCUT2D eigenvalue weighted by atomic mass is 32.3.